The lowest BCUT2D eigenvalue weighted by atomic mass is 9.88. The van der Waals surface area contributed by atoms with Crippen LogP contribution in [0.3, 0.4) is 0 Å². The standard InChI is InChI=1S/C7H18N2S2/c1-7(5-8,6-9)3-4-11(2)10/h3-6,8-9H2,1-2H3. The Kier molecular flexibility index (Phi) is 5.42. The lowest BCUT2D eigenvalue weighted by molar-refractivity contribution is 0.338. The Hall–Kier alpha value is 0.490. The van der Waals surface area contributed by atoms with Crippen molar-refractivity contribution in [3.8, 4) is 0 Å². The van der Waals surface area contributed by atoms with Crippen molar-refractivity contribution in [1.29, 1.82) is 0 Å². The first kappa shape index (κ1) is 11.5. The molecule has 11 heavy (non-hydrogen) atoms. The van der Waals surface area contributed by atoms with Crippen LogP contribution in [0, 0.1) is 5.41 Å². The summed E-state index contributed by atoms with van der Waals surface area (Å²) in [5.74, 6) is 1.07. The molecule has 0 aliphatic rings. The van der Waals surface area contributed by atoms with Gasteiger partial charge in [-0.15, -0.1) is 9.45 Å². The van der Waals surface area contributed by atoms with Crippen LogP contribution in [0.4, 0.5) is 0 Å². The molecule has 0 rings (SSSR count). The topological polar surface area (TPSA) is 52.0 Å². The van der Waals surface area contributed by atoms with Gasteiger partial charge < -0.3 is 11.5 Å². The second kappa shape index (κ2) is 5.19. The smallest absolute Gasteiger partial charge is 0.00108 e. The number of hydrogen-bond acceptors (Lipinski definition) is 3. The van der Waals surface area contributed by atoms with E-state index in [9.17, 15) is 0 Å². The average molecular weight is 194 g/mol. The van der Waals surface area contributed by atoms with E-state index in [1.165, 1.54) is 0 Å². The van der Waals surface area contributed by atoms with Gasteiger partial charge in [0.1, 0.15) is 0 Å². The summed E-state index contributed by atoms with van der Waals surface area (Å²) < 4.78 is 0. The van der Waals surface area contributed by atoms with Crippen LogP contribution in [0.15, 0.2) is 0 Å². The normalized spacial score (nSPS) is 14.9. The van der Waals surface area contributed by atoms with Crippen molar-refractivity contribution in [2.24, 2.45) is 16.9 Å². The predicted molar refractivity (Wildman–Crippen MR) is 56.4 cm³/mol. The van der Waals surface area contributed by atoms with E-state index in [1.54, 1.807) is 0 Å². The molecule has 0 fully saturated rings. The molecule has 0 spiro atoms. The number of hydrogen-bond donors (Lipinski definition) is 2. The van der Waals surface area contributed by atoms with Gasteiger partial charge in [0.15, 0.2) is 0 Å². The molecule has 4 N–H and O–H groups in total. The monoisotopic (exact) mass is 194 g/mol. The highest BCUT2D eigenvalue weighted by molar-refractivity contribution is 8.28. The summed E-state index contributed by atoms with van der Waals surface area (Å²) >= 11 is 5.09. The quantitative estimate of drug-likeness (QED) is 0.648. The van der Waals surface area contributed by atoms with E-state index in [0.29, 0.717) is 13.1 Å². The van der Waals surface area contributed by atoms with Crippen LogP contribution in [0.5, 0.6) is 0 Å². The Morgan fingerprint density at radius 3 is 2.09 bits per heavy atom. The molecule has 2 nitrogen and oxygen atoms in total. The van der Waals surface area contributed by atoms with Gasteiger partial charge in [0.25, 0.3) is 0 Å². The second-order valence-corrected chi connectivity index (χ2v) is 6.51. The minimum atomic E-state index is 0.107. The third-order valence-corrected chi connectivity index (χ3v) is 3.26. The molecular formula is C7H18N2S2. The van der Waals surface area contributed by atoms with Crippen molar-refractivity contribution < 1.29 is 0 Å². The van der Waals surface area contributed by atoms with Crippen molar-refractivity contribution in [3.63, 3.8) is 0 Å². The largest absolute Gasteiger partial charge is 0.330 e. The van der Waals surface area contributed by atoms with E-state index >= 15 is 0 Å². The summed E-state index contributed by atoms with van der Waals surface area (Å²) in [7, 11) is 0.107. The first-order chi connectivity index (χ1) is 5.04. The molecule has 0 aliphatic heterocycles. The van der Waals surface area contributed by atoms with Crippen LogP contribution in [0.1, 0.15) is 13.3 Å². The van der Waals surface area contributed by atoms with Gasteiger partial charge >= 0.3 is 0 Å². The van der Waals surface area contributed by atoms with Crippen molar-refractivity contribution in [2.45, 2.75) is 13.3 Å². The third-order valence-electron chi connectivity index (χ3n) is 1.98. The van der Waals surface area contributed by atoms with Crippen LogP contribution in [0.2, 0.25) is 0 Å². The van der Waals surface area contributed by atoms with E-state index < -0.39 is 0 Å². The van der Waals surface area contributed by atoms with Crippen molar-refractivity contribution >= 4 is 20.6 Å². The summed E-state index contributed by atoms with van der Waals surface area (Å²) in [6.07, 6.45) is 3.13. The zero-order chi connectivity index (χ0) is 8.91. The summed E-state index contributed by atoms with van der Waals surface area (Å²) in [6.45, 7) is 3.45. The van der Waals surface area contributed by atoms with E-state index in [0.717, 1.165) is 12.2 Å². The first-order valence-corrected chi connectivity index (χ1v) is 6.47. The molecule has 1 atom stereocenters. The molecule has 0 radical (unpaired) electrons. The lowest BCUT2D eigenvalue weighted by Crippen LogP contribution is -2.36. The Morgan fingerprint density at radius 1 is 1.36 bits per heavy atom. The third kappa shape index (κ3) is 4.85. The molecule has 68 valence electrons. The Bertz CT molecular complexity index is 132. The molecule has 0 saturated carbocycles. The van der Waals surface area contributed by atoms with Crippen LogP contribution >= 0.6 is 0 Å². The molecule has 1 unspecified atom stereocenters. The minimum absolute atomic E-state index is 0.107. The van der Waals surface area contributed by atoms with Crippen LogP contribution in [-0.2, 0) is 20.6 Å². The summed E-state index contributed by atoms with van der Waals surface area (Å²) in [4.78, 5) is 0. The van der Waals surface area contributed by atoms with Crippen LogP contribution in [0.25, 0.3) is 0 Å². The highest BCUT2D eigenvalue weighted by atomic mass is 32.8. The second-order valence-electron chi connectivity index (χ2n) is 3.25. The number of rotatable bonds is 5. The lowest BCUT2D eigenvalue weighted by Gasteiger charge is -2.25. The Labute approximate surface area is 76.3 Å². The maximum atomic E-state index is 5.59. The van der Waals surface area contributed by atoms with Crippen molar-refractivity contribution in [3.05, 3.63) is 0 Å². The van der Waals surface area contributed by atoms with Gasteiger partial charge in [0.05, 0.1) is 0 Å². The Balaban J connectivity index is 3.78. The molecule has 0 amide bonds. The van der Waals surface area contributed by atoms with Crippen LogP contribution < -0.4 is 11.5 Å². The first-order valence-electron chi connectivity index (χ1n) is 3.74. The molecule has 0 heterocycles. The molecule has 0 aromatic rings. The zero-order valence-corrected chi connectivity index (χ0v) is 8.93. The molecule has 0 aromatic heterocycles. The maximum Gasteiger partial charge on any atom is -0.00108 e. The molecule has 0 bridgehead atoms. The minimum Gasteiger partial charge on any atom is -0.330 e. The molecule has 0 aromatic carbocycles. The summed E-state index contributed by atoms with van der Waals surface area (Å²) in [5.41, 5.74) is 11.3. The Morgan fingerprint density at radius 2 is 1.82 bits per heavy atom. The van der Waals surface area contributed by atoms with Gasteiger partial charge in [-0.1, -0.05) is 18.1 Å². The van der Waals surface area contributed by atoms with E-state index in [4.69, 9.17) is 22.7 Å². The highest BCUT2D eigenvalue weighted by Gasteiger charge is 2.19. The van der Waals surface area contributed by atoms with Crippen LogP contribution in [-0.4, -0.2) is 25.1 Å². The highest BCUT2D eigenvalue weighted by Crippen LogP contribution is 2.17. The van der Waals surface area contributed by atoms with Gasteiger partial charge in [-0.05, 0) is 36.9 Å². The molecule has 0 saturated heterocycles. The van der Waals surface area contributed by atoms with Crippen molar-refractivity contribution in [2.75, 3.05) is 25.1 Å². The maximum absolute atomic E-state index is 5.59. The van der Waals surface area contributed by atoms with E-state index in [2.05, 4.69) is 13.2 Å². The van der Waals surface area contributed by atoms with E-state index in [-0.39, 0.29) is 14.9 Å². The zero-order valence-electron chi connectivity index (χ0n) is 7.30. The fourth-order valence-corrected chi connectivity index (χ4v) is 1.71. The summed E-state index contributed by atoms with van der Waals surface area (Å²) in [6, 6.07) is 0. The SMILES string of the molecule is CS(=S)CCC(C)(CN)CN. The predicted octanol–water partition coefficient (Wildman–Crippen LogP) is 0.0102. The fraction of sp³-hybridized carbons (Fsp3) is 1.00. The van der Waals surface area contributed by atoms with Gasteiger partial charge in [-0.2, -0.15) is 0 Å². The fourth-order valence-electron chi connectivity index (χ4n) is 0.678. The van der Waals surface area contributed by atoms with Crippen molar-refractivity contribution in [1.82, 2.24) is 0 Å². The number of nitrogens with two attached hydrogens (primary N) is 2. The van der Waals surface area contributed by atoms with Gasteiger partial charge in [-0.25, -0.2) is 0 Å². The van der Waals surface area contributed by atoms with Gasteiger partial charge in [-0.3, -0.25) is 0 Å². The molecule has 0 aliphatic carbocycles. The van der Waals surface area contributed by atoms with E-state index in [1.807, 2.05) is 0 Å². The summed E-state index contributed by atoms with van der Waals surface area (Å²) in [5, 5.41) is 0. The molecular weight excluding hydrogens is 176 g/mol. The van der Waals surface area contributed by atoms with Gasteiger partial charge in [0.2, 0.25) is 0 Å². The van der Waals surface area contributed by atoms with Gasteiger partial charge in [0, 0.05) is 0 Å². The average Bonchev–Trinajstić information content (AvgIpc) is 2.00. The molecule has 4 heteroatoms.